The Hall–Kier alpha value is -1.93. The van der Waals surface area contributed by atoms with Gasteiger partial charge in [0, 0.05) is 6.42 Å². The molecule has 0 aromatic heterocycles. The van der Waals surface area contributed by atoms with E-state index in [0.717, 1.165) is 19.3 Å². The minimum absolute atomic E-state index is 0.0806. The molecule has 0 radical (unpaired) electrons. The van der Waals surface area contributed by atoms with E-state index in [9.17, 15) is 9.90 Å². The number of hydrogen-bond acceptors (Lipinski definition) is 2. The number of aryl methyl sites for hydroxylation is 1. The van der Waals surface area contributed by atoms with E-state index in [1.807, 2.05) is 24.3 Å². The number of rotatable bonds is 4. The van der Waals surface area contributed by atoms with Crippen LogP contribution in [0.4, 0.5) is 0 Å². The summed E-state index contributed by atoms with van der Waals surface area (Å²) in [5.74, 6) is 0.170. The number of benzene rings is 2. The number of hydrogen-bond donors (Lipinski definition) is 1. The topological polar surface area (TPSA) is 37.3 Å². The van der Waals surface area contributed by atoms with Gasteiger partial charge in [-0.15, -0.1) is 0 Å². The van der Waals surface area contributed by atoms with Gasteiger partial charge in [-0.2, -0.15) is 0 Å². The summed E-state index contributed by atoms with van der Waals surface area (Å²) in [7, 11) is 0. The summed E-state index contributed by atoms with van der Waals surface area (Å²) in [6.07, 6.45) is 2.68. The molecule has 2 nitrogen and oxygen atoms in total. The number of carbonyl (C=O) groups is 1. The summed E-state index contributed by atoms with van der Waals surface area (Å²) in [6, 6.07) is 17.6. The lowest BCUT2D eigenvalue weighted by atomic mass is 9.79. The quantitative estimate of drug-likeness (QED) is 0.925. The molecule has 3 rings (SSSR count). The number of carbonyl (C=O) groups excluding carboxylic acids is 1. The molecule has 0 saturated heterocycles. The Bertz CT molecular complexity index is 618. The second kappa shape index (κ2) is 6.23. The first-order valence-electron chi connectivity index (χ1n) is 7.59. The summed E-state index contributed by atoms with van der Waals surface area (Å²) >= 11 is 0. The minimum atomic E-state index is -1.000. The summed E-state index contributed by atoms with van der Waals surface area (Å²) in [6.45, 7) is 0. The van der Waals surface area contributed by atoms with E-state index < -0.39 is 6.10 Å². The molecular formula is C19H20O2. The average molecular weight is 280 g/mol. The van der Waals surface area contributed by atoms with Crippen molar-refractivity contribution in [2.45, 2.75) is 37.7 Å². The Balaban J connectivity index is 1.74. The van der Waals surface area contributed by atoms with Crippen molar-refractivity contribution >= 4 is 5.78 Å². The Morgan fingerprint density at radius 1 is 1.10 bits per heavy atom. The van der Waals surface area contributed by atoms with Crippen molar-refractivity contribution < 1.29 is 9.90 Å². The van der Waals surface area contributed by atoms with E-state index in [0.29, 0.717) is 12.0 Å². The van der Waals surface area contributed by atoms with E-state index >= 15 is 0 Å². The first kappa shape index (κ1) is 14.0. The molecule has 2 atom stereocenters. The SMILES string of the molecule is O=C(CC1CCCc2ccccc21)C(O)c1ccccc1. The Morgan fingerprint density at radius 2 is 1.81 bits per heavy atom. The van der Waals surface area contributed by atoms with E-state index in [1.54, 1.807) is 12.1 Å². The maximum absolute atomic E-state index is 12.4. The zero-order valence-electron chi connectivity index (χ0n) is 12.0. The molecule has 0 saturated carbocycles. The van der Waals surface area contributed by atoms with Crippen molar-refractivity contribution in [1.29, 1.82) is 0 Å². The molecule has 1 N–H and O–H groups in total. The molecule has 1 aliphatic rings. The lowest BCUT2D eigenvalue weighted by Crippen LogP contribution is -2.18. The second-order valence-corrected chi connectivity index (χ2v) is 5.77. The Morgan fingerprint density at radius 3 is 2.62 bits per heavy atom. The smallest absolute Gasteiger partial charge is 0.166 e. The highest BCUT2D eigenvalue weighted by Crippen LogP contribution is 2.35. The fraction of sp³-hybridized carbons (Fsp3) is 0.316. The normalized spacial score (nSPS) is 18.8. The fourth-order valence-electron chi connectivity index (χ4n) is 3.24. The number of aliphatic hydroxyl groups excluding tert-OH is 1. The van der Waals surface area contributed by atoms with E-state index in [2.05, 4.69) is 18.2 Å². The first-order valence-corrected chi connectivity index (χ1v) is 7.59. The zero-order chi connectivity index (χ0) is 14.7. The van der Waals surface area contributed by atoms with E-state index in [-0.39, 0.29) is 11.7 Å². The maximum atomic E-state index is 12.4. The molecule has 2 aromatic rings. The first-order chi connectivity index (χ1) is 10.3. The lowest BCUT2D eigenvalue weighted by molar-refractivity contribution is -0.127. The molecule has 0 bridgehead atoms. The molecule has 0 heterocycles. The molecule has 0 fully saturated rings. The molecular weight excluding hydrogens is 260 g/mol. The van der Waals surface area contributed by atoms with E-state index in [1.165, 1.54) is 11.1 Å². The monoisotopic (exact) mass is 280 g/mol. The number of Topliss-reactive ketones (excluding diaryl/α,β-unsaturated/α-hetero) is 1. The predicted molar refractivity (Wildman–Crippen MR) is 83.1 cm³/mol. The van der Waals surface area contributed by atoms with Crippen LogP contribution in [0.15, 0.2) is 54.6 Å². The zero-order valence-corrected chi connectivity index (χ0v) is 12.0. The van der Waals surface area contributed by atoms with Gasteiger partial charge >= 0.3 is 0 Å². The molecule has 2 unspecified atom stereocenters. The standard InChI is InChI=1S/C19H20O2/c20-18(19(21)15-8-2-1-3-9-15)13-16-11-6-10-14-7-4-5-12-17(14)16/h1-5,7-9,12,16,19,21H,6,10-11,13H2. The van der Waals surface area contributed by atoms with Crippen molar-refractivity contribution in [3.63, 3.8) is 0 Å². The fourth-order valence-corrected chi connectivity index (χ4v) is 3.24. The number of fused-ring (bicyclic) bond motifs is 1. The van der Waals surface area contributed by atoms with Crippen LogP contribution in [-0.2, 0) is 11.2 Å². The predicted octanol–water partition coefficient (Wildman–Crippen LogP) is 3.80. The van der Waals surface area contributed by atoms with Gasteiger partial charge in [-0.05, 0) is 41.9 Å². The van der Waals surface area contributed by atoms with Gasteiger partial charge in [-0.3, -0.25) is 4.79 Å². The van der Waals surface area contributed by atoms with E-state index in [4.69, 9.17) is 0 Å². The Kier molecular flexibility index (Phi) is 4.16. The van der Waals surface area contributed by atoms with Crippen molar-refractivity contribution in [2.75, 3.05) is 0 Å². The molecule has 1 aliphatic carbocycles. The highest BCUT2D eigenvalue weighted by Gasteiger charge is 2.25. The minimum Gasteiger partial charge on any atom is -0.381 e. The van der Waals surface area contributed by atoms with Crippen LogP contribution in [-0.4, -0.2) is 10.9 Å². The van der Waals surface area contributed by atoms with Gasteiger partial charge < -0.3 is 5.11 Å². The number of ketones is 1. The highest BCUT2D eigenvalue weighted by molar-refractivity contribution is 5.84. The van der Waals surface area contributed by atoms with Gasteiger partial charge in [0.2, 0.25) is 0 Å². The second-order valence-electron chi connectivity index (χ2n) is 5.77. The molecule has 0 aliphatic heterocycles. The van der Waals surface area contributed by atoms with Crippen LogP contribution in [0.5, 0.6) is 0 Å². The Labute approximate surface area is 125 Å². The van der Waals surface area contributed by atoms with Crippen molar-refractivity contribution in [1.82, 2.24) is 0 Å². The van der Waals surface area contributed by atoms with Gasteiger partial charge in [-0.1, -0.05) is 54.6 Å². The lowest BCUT2D eigenvalue weighted by Gasteiger charge is -2.25. The van der Waals surface area contributed by atoms with Crippen LogP contribution >= 0.6 is 0 Å². The van der Waals surface area contributed by atoms with Crippen LogP contribution in [0.2, 0.25) is 0 Å². The van der Waals surface area contributed by atoms with Gasteiger partial charge in [0.15, 0.2) is 5.78 Å². The summed E-state index contributed by atoms with van der Waals surface area (Å²) in [4.78, 5) is 12.4. The van der Waals surface area contributed by atoms with Gasteiger partial charge in [0.1, 0.15) is 6.10 Å². The van der Waals surface area contributed by atoms with Crippen LogP contribution in [0, 0.1) is 0 Å². The van der Waals surface area contributed by atoms with Crippen LogP contribution in [0.25, 0.3) is 0 Å². The molecule has 2 aromatic carbocycles. The van der Waals surface area contributed by atoms with Crippen LogP contribution in [0.1, 0.15) is 48.0 Å². The van der Waals surface area contributed by atoms with Crippen molar-refractivity contribution in [2.24, 2.45) is 0 Å². The molecule has 0 amide bonds. The average Bonchev–Trinajstić information content (AvgIpc) is 2.55. The van der Waals surface area contributed by atoms with Crippen molar-refractivity contribution in [3.05, 3.63) is 71.3 Å². The van der Waals surface area contributed by atoms with Crippen LogP contribution in [0.3, 0.4) is 0 Å². The van der Waals surface area contributed by atoms with Gasteiger partial charge in [-0.25, -0.2) is 0 Å². The van der Waals surface area contributed by atoms with Gasteiger partial charge in [0.25, 0.3) is 0 Å². The summed E-state index contributed by atoms with van der Waals surface area (Å²) in [5.41, 5.74) is 3.33. The van der Waals surface area contributed by atoms with Crippen LogP contribution < -0.4 is 0 Å². The van der Waals surface area contributed by atoms with Gasteiger partial charge in [0.05, 0.1) is 0 Å². The third kappa shape index (κ3) is 3.06. The van der Waals surface area contributed by atoms with Crippen molar-refractivity contribution in [3.8, 4) is 0 Å². The molecule has 108 valence electrons. The largest absolute Gasteiger partial charge is 0.381 e. The maximum Gasteiger partial charge on any atom is 0.166 e. The summed E-state index contributed by atoms with van der Waals surface area (Å²) in [5, 5.41) is 10.2. The molecule has 0 spiro atoms. The highest BCUT2D eigenvalue weighted by atomic mass is 16.3. The summed E-state index contributed by atoms with van der Waals surface area (Å²) < 4.78 is 0. The third-order valence-corrected chi connectivity index (χ3v) is 4.36. The molecule has 21 heavy (non-hydrogen) atoms. The number of aliphatic hydroxyl groups is 1. The third-order valence-electron chi connectivity index (χ3n) is 4.36. The molecule has 2 heteroatoms.